The van der Waals surface area contributed by atoms with Gasteiger partial charge < -0.3 is 4.74 Å². The van der Waals surface area contributed by atoms with E-state index >= 15 is 0 Å². The molecule has 2 unspecified atom stereocenters. The molecule has 1 aromatic carbocycles. The second kappa shape index (κ2) is 3.42. The number of ether oxygens (including phenoxy) is 1. The zero-order valence-electron chi connectivity index (χ0n) is 9.73. The van der Waals surface area contributed by atoms with Gasteiger partial charge in [0.2, 0.25) is 11.6 Å². The maximum atomic E-state index is 12.3. The van der Waals surface area contributed by atoms with Crippen molar-refractivity contribution in [1.82, 2.24) is 0 Å². The summed E-state index contributed by atoms with van der Waals surface area (Å²) < 4.78 is 5.88. The van der Waals surface area contributed by atoms with Gasteiger partial charge >= 0.3 is 0 Å². The van der Waals surface area contributed by atoms with Crippen LogP contribution in [0.5, 0.6) is 5.75 Å². The molecule has 1 saturated carbocycles. The first-order valence-electron chi connectivity index (χ1n) is 5.98. The third-order valence-corrected chi connectivity index (χ3v) is 4.00. The number of rotatable bonds is 0. The van der Waals surface area contributed by atoms with E-state index in [-0.39, 0.29) is 11.9 Å². The van der Waals surface area contributed by atoms with E-state index in [9.17, 15) is 9.59 Å². The highest BCUT2D eigenvalue weighted by Gasteiger charge is 2.51. The highest BCUT2D eigenvalue weighted by atomic mass is 16.5. The van der Waals surface area contributed by atoms with E-state index in [0.29, 0.717) is 11.3 Å². The molecule has 0 amide bonds. The van der Waals surface area contributed by atoms with Crippen LogP contribution in [0.25, 0.3) is 0 Å². The Labute approximate surface area is 99.8 Å². The summed E-state index contributed by atoms with van der Waals surface area (Å²) in [5.41, 5.74) is -0.219. The molecule has 2 aliphatic rings. The van der Waals surface area contributed by atoms with Gasteiger partial charge in [-0.2, -0.15) is 0 Å². The van der Waals surface area contributed by atoms with Gasteiger partial charge in [0.05, 0.1) is 11.0 Å². The molecule has 3 nitrogen and oxygen atoms in total. The van der Waals surface area contributed by atoms with Crippen LogP contribution in [0.4, 0.5) is 0 Å². The minimum Gasteiger partial charge on any atom is -0.489 e. The average molecular weight is 230 g/mol. The summed E-state index contributed by atoms with van der Waals surface area (Å²) >= 11 is 0. The Kier molecular flexibility index (Phi) is 2.12. The number of benzene rings is 1. The van der Waals surface area contributed by atoms with E-state index < -0.39 is 11.2 Å². The number of hydrogen-bond acceptors (Lipinski definition) is 3. The molecule has 0 spiro atoms. The minimum atomic E-state index is -0.629. The van der Waals surface area contributed by atoms with Crippen molar-refractivity contribution in [1.29, 1.82) is 0 Å². The predicted octanol–water partition coefficient (Wildman–Crippen LogP) is 2.39. The molecule has 0 saturated heterocycles. The van der Waals surface area contributed by atoms with Crippen molar-refractivity contribution in [2.45, 2.75) is 32.3 Å². The number of hydrogen-bond donors (Lipinski definition) is 0. The molecule has 17 heavy (non-hydrogen) atoms. The molecule has 0 N–H and O–H groups in total. The van der Waals surface area contributed by atoms with Crippen LogP contribution < -0.4 is 4.74 Å². The zero-order valence-corrected chi connectivity index (χ0v) is 9.73. The third kappa shape index (κ3) is 1.35. The van der Waals surface area contributed by atoms with Gasteiger partial charge in [-0.05, 0) is 38.3 Å². The lowest BCUT2D eigenvalue weighted by Crippen LogP contribution is -2.40. The third-order valence-electron chi connectivity index (χ3n) is 4.00. The number of fused-ring (bicyclic) bond motifs is 2. The summed E-state index contributed by atoms with van der Waals surface area (Å²) in [6.07, 6.45) is 2.39. The Balaban J connectivity index is 2.16. The van der Waals surface area contributed by atoms with Gasteiger partial charge in [0.1, 0.15) is 11.9 Å². The fraction of sp³-hybridized carbons (Fsp3) is 0.429. The van der Waals surface area contributed by atoms with Crippen molar-refractivity contribution in [2.24, 2.45) is 5.41 Å². The molecule has 3 rings (SSSR count). The van der Waals surface area contributed by atoms with Crippen molar-refractivity contribution < 1.29 is 14.3 Å². The Morgan fingerprint density at radius 1 is 1.29 bits per heavy atom. The summed E-state index contributed by atoms with van der Waals surface area (Å²) in [7, 11) is 0. The standard InChI is InChI=1S/C14H14O3/c1-14-8-4-7-11(14)17-10-6-3-2-5-9(10)12(15)13(14)16/h2-3,5-6,11H,4,7-8H2,1H3. The number of carbonyl (C=O) groups is 2. The van der Waals surface area contributed by atoms with Gasteiger partial charge in [-0.15, -0.1) is 0 Å². The van der Waals surface area contributed by atoms with Gasteiger partial charge in [-0.25, -0.2) is 0 Å². The fourth-order valence-electron chi connectivity index (χ4n) is 2.87. The van der Waals surface area contributed by atoms with E-state index in [1.54, 1.807) is 18.2 Å². The molecule has 2 atom stereocenters. The molecular formula is C14H14O3. The highest BCUT2D eigenvalue weighted by molar-refractivity contribution is 6.46. The number of Topliss-reactive ketones (excluding diaryl/α,β-unsaturated/α-hetero) is 2. The van der Waals surface area contributed by atoms with Crippen LogP contribution in [0.3, 0.4) is 0 Å². The van der Waals surface area contributed by atoms with Gasteiger partial charge in [0.15, 0.2) is 0 Å². The first kappa shape index (κ1) is 10.5. The van der Waals surface area contributed by atoms with Crippen LogP contribution in [0, 0.1) is 5.41 Å². The topological polar surface area (TPSA) is 43.4 Å². The van der Waals surface area contributed by atoms with Crippen LogP contribution in [0.1, 0.15) is 36.5 Å². The summed E-state index contributed by atoms with van der Waals surface area (Å²) in [6, 6.07) is 7.02. The van der Waals surface area contributed by atoms with E-state index in [1.807, 2.05) is 13.0 Å². The molecule has 1 aliphatic carbocycles. The Morgan fingerprint density at radius 3 is 2.88 bits per heavy atom. The molecule has 88 valence electrons. The molecular weight excluding hydrogens is 216 g/mol. The van der Waals surface area contributed by atoms with E-state index in [2.05, 4.69) is 0 Å². The largest absolute Gasteiger partial charge is 0.489 e. The lowest BCUT2D eigenvalue weighted by molar-refractivity contribution is -0.126. The van der Waals surface area contributed by atoms with Crippen molar-refractivity contribution in [3.63, 3.8) is 0 Å². The summed E-state index contributed by atoms with van der Waals surface area (Å²) in [6.45, 7) is 1.86. The van der Waals surface area contributed by atoms with Crippen LogP contribution in [-0.4, -0.2) is 17.7 Å². The summed E-state index contributed by atoms with van der Waals surface area (Å²) in [5, 5.41) is 0. The Bertz CT molecular complexity index is 506. The second-order valence-corrected chi connectivity index (χ2v) is 5.07. The van der Waals surface area contributed by atoms with Gasteiger partial charge in [-0.3, -0.25) is 9.59 Å². The molecule has 1 fully saturated rings. The molecule has 3 heteroatoms. The lowest BCUT2D eigenvalue weighted by Gasteiger charge is -2.26. The van der Waals surface area contributed by atoms with Crippen LogP contribution in [-0.2, 0) is 4.79 Å². The summed E-state index contributed by atoms with van der Waals surface area (Å²) in [4.78, 5) is 24.4. The maximum Gasteiger partial charge on any atom is 0.233 e. The quantitative estimate of drug-likeness (QED) is 0.643. The SMILES string of the molecule is CC12CCCC1Oc1ccccc1C(=O)C2=O. The maximum absolute atomic E-state index is 12.3. The predicted molar refractivity (Wildman–Crippen MR) is 62.2 cm³/mol. The molecule has 0 aromatic heterocycles. The summed E-state index contributed by atoms with van der Waals surface area (Å²) in [5.74, 6) is -0.126. The highest BCUT2D eigenvalue weighted by Crippen LogP contribution is 2.44. The first-order chi connectivity index (χ1) is 8.13. The lowest BCUT2D eigenvalue weighted by atomic mass is 9.79. The fourth-order valence-corrected chi connectivity index (χ4v) is 2.87. The van der Waals surface area contributed by atoms with Gasteiger partial charge in [-0.1, -0.05) is 12.1 Å². The monoisotopic (exact) mass is 230 g/mol. The second-order valence-electron chi connectivity index (χ2n) is 5.07. The van der Waals surface area contributed by atoms with Gasteiger partial charge in [0, 0.05) is 0 Å². The molecule has 1 heterocycles. The average Bonchev–Trinajstić information content (AvgIpc) is 2.68. The molecule has 1 aromatic rings. The van der Waals surface area contributed by atoms with Crippen molar-refractivity contribution in [3.8, 4) is 5.75 Å². The number of ketones is 2. The molecule has 0 bridgehead atoms. The van der Waals surface area contributed by atoms with Gasteiger partial charge in [0.25, 0.3) is 0 Å². The van der Waals surface area contributed by atoms with Crippen LogP contribution in [0.15, 0.2) is 24.3 Å². The molecule has 0 radical (unpaired) electrons. The normalized spacial score (nSPS) is 31.5. The van der Waals surface area contributed by atoms with E-state index in [1.165, 1.54) is 0 Å². The Hall–Kier alpha value is -1.64. The first-order valence-corrected chi connectivity index (χ1v) is 5.98. The van der Waals surface area contributed by atoms with Crippen molar-refractivity contribution in [2.75, 3.05) is 0 Å². The zero-order chi connectivity index (χ0) is 12.0. The van der Waals surface area contributed by atoms with E-state index in [0.717, 1.165) is 19.3 Å². The van der Waals surface area contributed by atoms with E-state index in [4.69, 9.17) is 4.74 Å². The number of para-hydroxylation sites is 1. The molecule has 1 aliphatic heterocycles. The number of carbonyl (C=O) groups excluding carboxylic acids is 2. The van der Waals surface area contributed by atoms with Crippen LogP contribution >= 0.6 is 0 Å². The van der Waals surface area contributed by atoms with Crippen LogP contribution in [0.2, 0.25) is 0 Å². The minimum absolute atomic E-state index is 0.150. The van der Waals surface area contributed by atoms with Crippen molar-refractivity contribution >= 4 is 11.6 Å². The smallest absolute Gasteiger partial charge is 0.233 e. The Morgan fingerprint density at radius 2 is 2.06 bits per heavy atom. The van der Waals surface area contributed by atoms with Crippen molar-refractivity contribution in [3.05, 3.63) is 29.8 Å².